The van der Waals surface area contributed by atoms with Crippen molar-refractivity contribution in [1.82, 2.24) is 0 Å². The molecule has 44 heavy (non-hydrogen) atoms. The molecule has 0 fully saturated rings. The third kappa shape index (κ3) is 3.81. The number of ether oxygens (including phenoxy) is 1. The van der Waals surface area contributed by atoms with Crippen molar-refractivity contribution >= 4 is 38.6 Å². The molecule has 2 heteroatoms. The van der Waals surface area contributed by atoms with Gasteiger partial charge < -0.3 is 9.64 Å². The van der Waals surface area contributed by atoms with Gasteiger partial charge in [0.25, 0.3) is 0 Å². The first-order chi connectivity index (χ1) is 21.4. The van der Waals surface area contributed by atoms with E-state index in [-0.39, 0.29) is 5.41 Å². The van der Waals surface area contributed by atoms with Crippen molar-refractivity contribution in [2.75, 3.05) is 4.90 Å². The summed E-state index contributed by atoms with van der Waals surface area (Å²) < 4.78 is 6.25. The molecular formula is C42H31NO. The van der Waals surface area contributed by atoms with Crippen LogP contribution in [0.25, 0.3) is 54.9 Å². The van der Waals surface area contributed by atoms with Crippen molar-refractivity contribution in [2.24, 2.45) is 0 Å². The molecule has 0 unspecified atom stereocenters. The molecule has 1 aliphatic carbocycles. The molecule has 0 radical (unpaired) electrons. The lowest BCUT2D eigenvalue weighted by molar-refractivity contribution is 0.477. The van der Waals surface area contributed by atoms with E-state index >= 15 is 0 Å². The maximum absolute atomic E-state index is 6.25. The molecule has 2 aliphatic rings. The Kier molecular flexibility index (Phi) is 5.20. The Morgan fingerprint density at radius 2 is 0.955 bits per heavy atom. The lowest BCUT2D eigenvalue weighted by Gasteiger charge is -2.33. The summed E-state index contributed by atoms with van der Waals surface area (Å²) >= 11 is 0. The highest BCUT2D eigenvalue weighted by Crippen LogP contribution is 2.53. The molecule has 0 bridgehead atoms. The number of rotatable bonds is 2. The molecule has 0 aromatic heterocycles. The van der Waals surface area contributed by atoms with Gasteiger partial charge in [-0.25, -0.2) is 0 Å². The normalized spacial score (nSPS) is 13.0. The van der Waals surface area contributed by atoms with Crippen LogP contribution in [0.4, 0.5) is 17.1 Å². The minimum absolute atomic E-state index is 0.152. The van der Waals surface area contributed by atoms with Crippen LogP contribution in [0.1, 0.15) is 26.3 Å². The zero-order valence-electron chi connectivity index (χ0n) is 25.1. The summed E-state index contributed by atoms with van der Waals surface area (Å²) in [7, 11) is 0. The van der Waals surface area contributed by atoms with Crippen molar-refractivity contribution in [1.29, 1.82) is 0 Å². The van der Waals surface area contributed by atoms with Gasteiger partial charge >= 0.3 is 0 Å². The van der Waals surface area contributed by atoms with Gasteiger partial charge in [0.1, 0.15) is 0 Å². The van der Waals surface area contributed by atoms with Crippen LogP contribution in [0.2, 0.25) is 0 Å². The van der Waals surface area contributed by atoms with E-state index in [1.165, 1.54) is 60.5 Å². The molecule has 0 spiro atoms. The summed E-state index contributed by atoms with van der Waals surface area (Å²) in [6.07, 6.45) is 0. The zero-order chi connectivity index (χ0) is 29.6. The first-order valence-corrected chi connectivity index (χ1v) is 15.3. The fraction of sp³-hybridized carbons (Fsp3) is 0.0952. The molecule has 9 rings (SSSR count). The van der Waals surface area contributed by atoms with Crippen LogP contribution in [-0.4, -0.2) is 0 Å². The van der Waals surface area contributed by atoms with Crippen molar-refractivity contribution in [3.63, 3.8) is 0 Å². The number of hydrogen-bond acceptors (Lipinski definition) is 2. The van der Waals surface area contributed by atoms with E-state index in [1.807, 2.05) is 24.3 Å². The smallest absolute Gasteiger partial charge is 0.151 e. The molecule has 7 aromatic carbocycles. The Hall–Kier alpha value is -5.34. The highest BCUT2D eigenvalue weighted by molar-refractivity contribution is 6.12. The van der Waals surface area contributed by atoms with Gasteiger partial charge in [0.2, 0.25) is 0 Å². The van der Waals surface area contributed by atoms with Crippen LogP contribution >= 0.6 is 0 Å². The topological polar surface area (TPSA) is 12.5 Å². The monoisotopic (exact) mass is 565 g/mol. The summed E-state index contributed by atoms with van der Waals surface area (Å²) in [6.45, 7) is 6.79. The van der Waals surface area contributed by atoms with Gasteiger partial charge in [0.05, 0.1) is 11.4 Å². The molecule has 1 heterocycles. The molecular weight excluding hydrogens is 534 g/mol. The largest absolute Gasteiger partial charge is 0.453 e. The standard InChI is InChI=1S/C42H31NO/c1-42(2,3)32-17-14-26(15-18-32)27-12-13-28-22-34-35-23-29-16-19-33(21-31(29)25-37(35)36(34)24-30(28)20-27)43-38-8-4-6-10-40(38)44-41-11-7-5-9-39(41)43/h4-25H,1-3H3. The summed E-state index contributed by atoms with van der Waals surface area (Å²) in [5.41, 5.74) is 12.6. The molecule has 2 nitrogen and oxygen atoms in total. The number of anilines is 3. The van der Waals surface area contributed by atoms with E-state index in [4.69, 9.17) is 4.74 Å². The van der Waals surface area contributed by atoms with E-state index in [2.05, 4.69) is 135 Å². The lowest BCUT2D eigenvalue weighted by atomic mass is 9.77. The third-order valence-corrected chi connectivity index (χ3v) is 9.29. The van der Waals surface area contributed by atoms with Crippen LogP contribution in [0.15, 0.2) is 133 Å². The van der Waals surface area contributed by atoms with Crippen LogP contribution in [0.3, 0.4) is 0 Å². The highest BCUT2D eigenvalue weighted by atomic mass is 16.5. The second-order valence-electron chi connectivity index (χ2n) is 13.1. The minimum atomic E-state index is 0.152. The predicted molar refractivity (Wildman–Crippen MR) is 185 cm³/mol. The first-order valence-electron chi connectivity index (χ1n) is 15.3. The lowest BCUT2D eigenvalue weighted by Crippen LogP contribution is -2.15. The SMILES string of the molecule is CC(C)(C)c1ccc(-c2ccc3cc4c(cc3c2)-c2cc3cc(N5c6ccccc6Oc6ccccc65)ccc3cc2-4)cc1. The molecule has 0 N–H and O–H groups in total. The maximum Gasteiger partial charge on any atom is 0.151 e. The number of benzene rings is 7. The summed E-state index contributed by atoms with van der Waals surface area (Å²) in [4.78, 5) is 2.31. The third-order valence-electron chi connectivity index (χ3n) is 9.29. The average Bonchev–Trinajstić information content (AvgIpc) is 3.05. The fourth-order valence-corrected chi connectivity index (χ4v) is 6.88. The summed E-state index contributed by atoms with van der Waals surface area (Å²) in [5.74, 6) is 1.74. The van der Waals surface area contributed by atoms with E-state index < -0.39 is 0 Å². The molecule has 0 saturated carbocycles. The maximum atomic E-state index is 6.25. The van der Waals surface area contributed by atoms with E-state index in [0.717, 1.165) is 28.6 Å². The van der Waals surface area contributed by atoms with Crippen molar-refractivity contribution in [3.05, 3.63) is 139 Å². The highest BCUT2D eigenvalue weighted by Gasteiger charge is 2.27. The van der Waals surface area contributed by atoms with Crippen LogP contribution < -0.4 is 9.64 Å². The quantitative estimate of drug-likeness (QED) is 0.207. The van der Waals surface area contributed by atoms with E-state index in [9.17, 15) is 0 Å². The van der Waals surface area contributed by atoms with Gasteiger partial charge in [-0.3, -0.25) is 0 Å². The average molecular weight is 566 g/mol. The van der Waals surface area contributed by atoms with Crippen LogP contribution in [-0.2, 0) is 5.41 Å². The van der Waals surface area contributed by atoms with Crippen molar-refractivity contribution in [2.45, 2.75) is 26.2 Å². The van der Waals surface area contributed by atoms with Gasteiger partial charge in [-0.1, -0.05) is 87.5 Å². The summed E-state index contributed by atoms with van der Waals surface area (Å²) in [6, 6.07) is 48.7. The van der Waals surface area contributed by atoms with Crippen molar-refractivity contribution in [3.8, 4) is 44.9 Å². The van der Waals surface area contributed by atoms with Gasteiger partial charge in [0, 0.05) is 5.69 Å². The van der Waals surface area contributed by atoms with E-state index in [0.29, 0.717) is 0 Å². The second-order valence-corrected chi connectivity index (χ2v) is 13.1. The Morgan fingerprint density at radius 1 is 0.455 bits per heavy atom. The number of fused-ring (bicyclic) bond motifs is 8. The van der Waals surface area contributed by atoms with Gasteiger partial charge in [0.15, 0.2) is 11.5 Å². The molecule has 7 aromatic rings. The van der Waals surface area contributed by atoms with Crippen LogP contribution in [0, 0.1) is 0 Å². The molecule has 0 atom stereocenters. The predicted octanol–water partition coefficient (Wildman–Crippen LogP) is 12.2. The molecule has 1 aliphatic heterocycles. The zero-order valence-corrected chi connectivity index (χ0v) is 25.1. The van der Waals surface area contributed by atoms with E-state index in [1.54, 1.807) is 0 Å². The Morgan fingerprint density at radius 3 is 1.55 bits per heavy atom. The fourth-order valence-electron chi connectivity index (χ4n) is 6.88. The second kappa shape index (κ2) is 9.08. The first kappa shape index (κ1) is 25.2. The number of para-hydroxylation sites is 4. The molecule has 0 saturated heterocycles. The van der Waals surface area contributed by atoms with Gasteiger partial charge in [-0.15, -0.1) is 0 Å². The van der Waals surface area contributed by atoms with Gasteiger partial charge in [-0.2, -0.15) is 0 Å². The van der Waals surface area contributed by atoms with Gasteiger partial charge in [-0.05, 0) is 133 Å². The minimum Gasteiger partial charge on any atom is -0.453 e. The van der Waals surface area contributed by atoms with Crippen LogP contribution in [0.5, 0.6) is 11.5 Å². The van der Waals surface area contributed by atoms with Crippen molar-refractivity contribution < 1.29 is 4.74 Å². The molecule has 210 valence electrons. The Bertz CT molecular complexity index is 2240. The Balaban J connectivity index is 1.11. The molecule has 0 amide bonds. The number of nitrogens with zero attached hydrogens (tertiary/aromatic N) is 1. The Labute approximate surface area is 257 Å². The number of hydrogen-bond donors (Lipinski definition) is 0. The summed E-state index contributed by atoms with van der Waals surface area (Å²) in [5, 5.41) is 5.05.